The van der Waals surface area contributed by atoms with Crippen molar-refractivity contribution in [2.75, 3.05) is 0 Å². The Morgan fingerprint density at radius 3 is 2.33 bits per heavy atom. The number of halogens is 3. The van der Waals surface area contributed by atoms with Crippen LogP contribution >= 0.6 is 12.4 Å². The molecule has 1 aromatic heterocycles. The molecule has 0 spiro atoms. The molecule has 18 heavy (non-hydrogen) atoms. The average molecular weight is 269 g/mol. The Kier molecular flexibility index (Phi) is 3.24. The molecule has 3 aromatic rings. The molecule has 0 aliphatic rings. The third-order valence-electron chi connectivity index (χ3n) is 2.94. The first-order valence-electron chi connectivity index (χ1n) is 5.28. The van der Waals surface area contributed by atoms with Crippen LogP contribution in [-0.4, -0.2) is 4.98 Å². The lowest BCUT2D eigenvalue weighted by Crippen LogP contribution is -1.94. The molecule has 2 nitrogen and oxygen atoms in total. The Hall–Kier alpha value is -1.65. The van der Waals surface area contributed by atoms with Crippen molar-refractivity contribution in [3.05, 3.63) is 47.5 Å². The van der Waals surface area contributed by atoms with E-state index >= 15 is 0 Å². The van der Waals surface area contributed by atoms with E-state index in [1.807, 2.05) is 18.2 Å². The Balaban J connectivity index is 0.00000120. The van der Waals surface area contributed by atoms with Crippen molar-refractivity contribution in [3.8, 4) is 0 Å². The van der Waals surface area contributed by atoms with Gasteiger partial charge in [0.25, 0.3) is 0 Å². The van der Waals surface area contributed by atoms with Gasteiger partial charge >= 0.3 is 0 Å². The van der Waals surface area contributed by atoms with Crippen LogP contribution in [0.4, 0.5) is 8.78 Å². The number of aromatic amines is 1. The predicted molar refractivity (Wildman–Crippen MR) is 70.9 cm³/mol. The van der Waals surface area contributed by atoms with Crippen LogP contribution in [0.15, 0.2) is 30.3 Å². The van der Waals surface area contributed by atoms with Gasteiger partial charge in [0.1, 0.15) is 0 Å². The fourth-order valence-corrected chi connectivity index (χ4v) is 2.07. The summed E-state index contributed by atoms with van der Waals surface area (Å²) < 4.78 is 26.3. The van der Waals surface area contributed by atoms with Gasteiger partial charge in [0, 0.05) is 34.4 Å². The molecule has 2 aromatic carbocycles. The highest BCUT2D eigenvalue weighted by Crippen LogP contribution is 2.27. The van der Waals surface area contributed by atoms with Crippen LogP contribution in [0, 0.1) is 11.6 Å². The number of benzene rings is 2. The number of nitrogens with two attached hydrogens (primary N) is 1. The highest BCUT2D eigenvalue weighted by Gasteiger charge is 2.09. The van der Waals surface area contributed by atoms with Crippen LogP contribution in [0.2, 0.25) is 0 Å². The number of hydrogen-bond donors (Lipinski definition) is 2. The fourth-order valence-electron chi connectivity index (χ4n) is 2.07. The van der Waals surface area contributed by atoms with E-state index in [0.29, 0.717) is 17.4 Å². The number of rotatable bonds is 1. The maximum Gasteiger partial charge on any atom is 0.160 e. The molecule has 0 radical (unpaired) electrons. The van der Waals surface area contributed by atoms with E-state index in [1.54, 1.807) is 0 Å². The molecule has 5 heteroatoms. The summed E-state index contributed by atoms with van der Waals surface area (Å²) in [6.45, 7) is 0.439. The highest BCUT2D eigenvalue weighted by molar-refractivity contribution is 6.07. The summed E-state index contributed by atoms with van der Waals surface area (Å²) in [7, 11) is 0. The van der Waals surface area contributed by atoms with Crippen LogP contribution in [0.25, 0.3) is 21.8 Å². The zero-order chi connectivity index (χ0) is 12.0. The summed E-state index contributed by atoms with van der Waals surface area (Å²) in [5, 5.41) is 1.55. The summed E-state index contributed by atoms with van der Waals surface area (Å²) in [4.78, 5) is 3.06. The first-order valence-corrected chi connectivity index (χ1v) is 5.28. The van der Waals surface area contributed by atoms with E-state index in [2.05, 4.69) is 4.98 Å². The molecule has 3 N–H and O–H groups in total. The molecule has 0 aliphatic carbocycles. The third-order valence-corrected chi connectivity index (χ3v) is 2.94. The number of aromatic nitrogens is 1. The van der Waals surface area contributed by atoms with Gasteiger partial charge in [-0.3, -0.25) is 0 Å². The maximum atomic E-state index is 13.2. The number of fused-ring (bicyclic) bond motifs is 3. The lowest BCUT2D eigenvalue weighted by Gasteiger charge is -1.96. The topological polar surface area (TPSA) is 41.8 Å². The third kappa shape index (κ3) is 1.83. The smallest absolute Gasteiger partial charge is 0.160 e. The SMILES string of the molecule is Cl.NCc1ccc2c(c1)[nH]c1cc(F)c(F)cc12. The van der Waals surface area contributed by atoms with Gasteiger partial charge in [-0.1, -0.05) is 12.1 Å². The molecule has 0 bridgehead atoms. The van der Waals surface area contributed by atoms with Crippen molar-refractivity contribution < 1.29 is 8.78 Å². The van der Waals surface area contributed by atoms with Crippen molar-refractivity contribution in [1.29, 1.82) is 0 Å². The van der Waals surface area contributed by atoms with Crippen LogP contribution in [0.5, 0.6) is 0 Å². The van der Waals surface area contributed by atoms with Crippen LogP contribution in [0.3, 0.4) is 0 Å². The van der Waals surface area contributed by atoms with Gasteiger partial charge in [0.05, 0.1) is 0 Å². The molecule has 0 saturated carbocycles. The molecule has 0 unspecified atom stereocenters. The molecule has 1 heterocycles. The molecular weight excluding hydrogens is 258 g/mol. The second-order valence-corrected chi connectivity index (χ2v) is 4.02. The molecule has 0 amide bonds. The quantitative estimate of drug-likeness (QED) is 0.697. The van der Waals surface area contributed by atoms with Crippen LogP contribution < -0.4 is 5.73 Å². The highest BCUT2D eigenvalue weighted by atomic mass is 35.5. The summed E-state index contributed by atoms with van der Waals surface area (Å²) in [5.74, 6) is -1.68. The summed E-state index contributed by atoms with van der Waals surface area (Å²) >= 11 is 0. The van der Waals surface area contributed by atoms with Crippen molar-refractivity contribution in [2.24, 2.45) is 5.73 Å². The molecule has 0 atom stereocenters. The standard InChI is InChI=1S/C13H10F2N2.ClH/c14-10-4-9-8-2-1-7(6-16)3-12(8)17-13(9)5-11(10)15;/h1-5,17H,6,16H2;1H. The van der Waals surface area contributed by atoms with E-state index in [9.17, 15) is 8.78 Å². The largest absolute Gasteiger partial charge is 0.354 e. The summed E-state index contributed by atoms with van der Waals surface area (Å²) in [6, 6.07) is 8.04. The van der Waals surface area contributed by atoms with Gasteiger partial charge in [-0.05, 0) is 17.7 Å². The Labute approximate surface area is 108 Å². The second kappa shape index (κ2) is 4.55. The fraction of sp³-hybridized carbons (Fsp3) is 0.0769. The molecule has 0 saturated heterocycles. The van der Waals surface area contributed by atoms with Gasteiger partial charge < -0.3 is 10.7 Å². The average Bonchev–Trinajstić information content (AvgIpc) is 2.66. The van der Waals surface area contributed by atoms with Gasteiger partial charge in [0.15, 0.2) is 11.6 Å². The van der Waals surface area contributed by atoms with E-state index in [-0.39, 0.29) is 12.4 Å². The number of nitrogens with one attached hydrogen (secondary N) is 1. The minimum atomic E-state index is -0.844. The number of hydrogen-bond acceptors (Lipinski definition) is 1. The minimum absolute atomic E-state index is 0. The maximum absolute atomic E-state index is 13.2. The van der Waals surface area contributed by atoms with E-state index < -0.39 is 11.6 Å². The second-order valence-electron chi connectivity index (χ2n) is 4.02. The van der Waals surface area contributed by atoms with Crippen molar-refractivity contribution >= 4 is 34.2 Å². The van der Waals surface area contributed by atoms with Crippen molar-refractivity contribution in [2.45, 2.75) is 6.54 Å². The van der Waals surface area contributed by atoms with Crippen molar-refractivity contribution in [1.82, 2.24) is 4.98 Å². The lowest BCUT2D eigenvalue weighted by molar-refractivity contribution is 0.511. The summed E-state index contributed by atoms with van der Waals surface area (Å²) in [6.07, 6.45) is 0. The molecule has 94 valence electrons. The van der Waals surface area contributed by atoms with Gasteiger partial charge in [-0.25, -0.2) is 8.78 Å². The zero-order valence-electron chi connectivity index (χ0n) is 9.34. The van der Waals surface area contributed by atoms with E-state index in [4.69, 9.17) is 5.73 Å². The first kappa shape index (κ1) is 12.8. The zero-order valence-corrected chi connectivity index (χ0v) is 10.2. The van der Waals surface area contributed by atoms with Crippen molar-refractivity contribution in [3.63, 3.8) is 0 Å². The molecular formula is C13H11ClF2N2. The predicted octanol–water partition coefficient (Wildman–Crippen LogP) is 3.48. The van der Waals surface area contributed by atoms with E-state index in [0.717, 1.165) is 16.5 Å². The van der Waals surface area contributed by atoms with Gasteiger partial charge in [-0.2, -0.15) is 0 Å². The normalized spacial score (nSPS) is 10.8. The molecule has 0 aliphatic heterocycles. The van der Waals surface area contributed by atoms with Crippen LogP contribution in [-0.2, 0) is 6.54 Å². The van der Waals surface area contributed by atoms with Gasteiger partial charge in [0.2, 0.25) is 0 Å². The first-order chi connectivity index (χ1) is 8.19. The minimum Gasteiger partial charge on any atom is -0.354 e. The molecule has 3 rings (SSSR count). The lowest BCUT2D eigenvalue weighted by atomic mass is 10.1. The Morgan fingerprint density at radius 2 is 1.61 bits per heavy atom. The van der Waals surface area contributed by atoms with E-state index in [1.165, 1.54) is 12.1 Å². The monoisotopic (exact) mass is 268 g/mol. The van der Waals surface area contributed by atoms with Gasteiger partial charge in [-0.15, -0.1) is 12.4 Å². The van der Waals surface area contributed by atoms with Crippen LogP contribution in [0.1, 0.15) is 5.56 Å². The Bertz CT molecular complexity index is 722. The summed E-state index contributed by atoms with van der Waals surface area (Å²) in [5.41, 5.74) is 7.96. The molecule has 0 fully saturated rings. The Morgan fingerprint density at radius 1 is 0.944 bits per heavy atom. The number of H-pyrrole nitrogens is 1.